The number of rotatable bonds is 6. The molecule has 1 aliphatic heterocycles. The number of piperazine rings is 1. The van der Waals surface area contributed by atoms with Gasteiger partial charge in [-0.3, -0.25) is 14.6 Å². The van der Waals surface area contributed by atoms with Gasteiger partial charge in [-0.05, 0) is 20.3 Å². The normalized spacial score (nSPS) is 19.5. The Morgan fingerprint density at radius 3 is 2.17 bits per heavy atom. The quantitative estimate of drug-likeness (QED) is 0.720. The van der Waals surface area contributed by atoms with Crippen LogP contribution in [-0.4, -0.2) is 61.0 Å². The first-order chi connectivity index (χ1) is 8.51. The van der Waals surface area contributed by atoms with Crippen molar-refractivity contribution >= 4 is 5.91 Å². The van der Waals surface area contributed by atoms with Crippen LogP contribution < -0.4 is 5.32 Å². The molecule has 1 saturated heterocycles. The molecule has 0 bridgehead atoms. The summed E-state index contributed by atoms with van der Waals surface area (Å²) in [4.78, 5) is 16.4. The predicted octanol–water partition coefficient (Wildman–Crippen LogP) is 1.09. The maximum Gasteiger partial charge on any atom is 0.234 e. The first-order valence-corrected chi connectivity index (χ1v) is 6.89. The number of carbonyl (C=O) groups excluding carboxylic acids is 1. The third-order valence-electron chi connectivity index (χ3n) is 3.35. The summed E-state index contributed by atoms with van der Waals surface area (Å²) >= 11 is 0. The van der Waals surface area contributed by atoms with Crippen molar-refractivity contribution in [2.24, 2.45) is 0 Å². The first-order valence-electron chi connectivity index (χ1n) is 6.89. The van der Waals surface area contributed by atoms with Crippen molar-refractivity contribution in [1.82, 2.24) is 15.1 Å². The summed E-state index contributed by atoms with van der Waals surface area (Å²) in [5.41, 5.74) is 1.21. The fourth-order valence-corrected chi connectivity index (χ4v) is 2.11. The standard InChI is InChI=1S/C14H27N3O/c1-5-13(4)15-14(18)11-17-8-6-16(7-9-17)10-12(2)3/h13H,2,5-11H2,1,3-4H3,(H,15,18). The minimum atomic E-state index is 0.151. The van der Waals surface area contributed by atoms with E-state index in [0.717, 1.165) is 39.1 Å². The van der Waals surface area contributed by atoms with E-state index in [1.807, 2.05) is 6.92 Å². The molecule has 1 fully saturated rings. The fourth-order valence-electron chi connectivity index (χ4n) is 2.11. The zero-order valence-electron chi connectivity index (χ0n) is 12.0. The molecule has 1 aliphatic rings. The highest BCUT2D eigenvalue weighted by Gasteiger charge is 2.18. The molecule has 18 heavy (non-hydrogen) atoms. The second-order valence-electron chi connectivity index (χ2n) is 5.39. The van der Waals surface area contributed by atoms with Crippen LogP contribution in [0.5, 0.6) is 0 Å². The van der Waals surface area contributed by atoms with E-state index < -0.39 is 0 Å². The second-order valence-corrected chi connectivity index (χ2v) is 5.39. The molecule has 0 radical (unpaired) electrons. The molecule has 104 valence electrons. The van der Waals surface area contributed by atoms with E-state index in [0.29, 0.717) is 6.54 Å². The third-order valence-corrected chi connectivity index (χ3v) is 3.35. The SMILES string of the molecule is C=C(C)CN1CCN(CC(=O)NC(C)CC)CC1. The molecular formula is C14H27N3O. The van der Waals surface area contributed by atoms with E-state index in [2.05, 4.69) is 35.5 Å². The minimum Gasteiger partial charge on any atom is -0.353 e. The number of nitrogens with zero attached hydrogens (tertiary/aromatic N) is 2. The van der Waals surface area contributed by atoms with Gasteiger partial charge in [0.15, 0.2) is 0 Å². The summed E-state index contributed by atoms with van der Waals surface area (Å²) in [6, 6.07) is 0.280. The molecular weight excluding hydrogens is 226 g/mol. The molecule has 0 aromatic heterocycles. The van der Waals surface area contributed by atoms with Crippen molar-refractivity contribution in [1.29, 1.82) is 0 Å². The van der Waals surface area contributed by atoms with E-state index in [4.69, 9.17) is 0 Å². The van der Waals surface area contributed by atoms with E-state index in [1.165, 1.54) is 5.57 Å². The van der Waals surface area contributed by atoms with Gasteiger partial charge in [-0.1, -0.05) is 19.1 Å². The van der Waals surface area contributed by atoms with E-state index >= 15 is 0 Å². The molecule has 1 rings (SSSR count). The van der Waals surface area contributed by atoms with Crippen molar-refractivity contribution < 1.29 is 4.79 Å². The molecule has 4 nitrogen and oxygen atoms in total. The van der Waals surface area contributed by atoms with Crippen molar-refractivity contribution in [3.63, 3.8) is 0 Å². The lowest BCUT2D eigenvalue weighted by Gasteiger charge is -2.34. The molecule has 1 heterocycles. The molecule has 0 saturated carbocycles. The Labute approximate surface area is 111 Å². The molecule has 1 atom stereocenters. The molecule has 0 aromatic rings. The molecule has 1 N–H and O–H groups in total. The van der Waals surface area contributed by atoms with Gasteiger partial charge in [0.2, 0.25) is 5.91 Å². The Kier molecular flexibility index (Phi) is 6.36. The number of carbonyl (C=O) groups is 1. The van der Waals surface area contributed by atoms with Gasteiger partial charge in [0.05, 0.1) is 6.54 Å². The third kappa shape index (κ3) is 5.65. The van der Waals surface area contributed by atoms with Crippen molar-refractivity contribution in [3.8, 4) is 0 Å². The average Bonchev–Trinajstić information content (AvgIpc) is 2.30. The Balaban J connectivity index is 2.22. The summed E-state index contributed by atoms with van der Waals surface area (Å²) in [6.07, 6.45) is 0.984. The number of amides is 1. The molecule has 0 spiro atoms. The van der Waals surface area contributed by atoms with Gasteiger partial charge in [-0.2, -0.15) is 0 Å². The highest BCUT2D eigenvalue weighted by molar-refractivity contribution is 5.78. The van der Waals surface area contributed by atoms with Gasteiger partial charge in [0.1, 0.15) is 0 Å². The topological polar surface area (TPSA) is 35.6 Å². The van der Waals surface area contributed by atoms with Crippen molar-refractivity contribution in [2.45, 2.75) is 33.2 Å². The second kappa shape index (κ2) is 7.54. The maximum absolute atomic E-state index is 11.8. The Morgan fingerprint density at radius 1 is 1.22 bits per heavy atom. The van der Waals surface area contributed by atoms with Crippen LogP contribution in [0.15, 0.2) is 12.2 Å². The van der Waals surface area contributed by atoms with Crippen LogP contribution in [-0.2, 0) is 4.79 Å². The Bertz CT molecular complexity index is 283. The van der Waals surface area contributed by atoms with Gasteiger partial charge in [-0.15, -0.1) is 0 Å². The summed E-state index contributed by atoms with van der Waals surface area (Å²) in [5.74, 6) is 0.151. The molecule has 1 unspecified atom stereocenters. The molecule has 4 heteroatoms. The molecule has 1 amide bonds. The minimum absolute atomic E-state index is 0.151. The highest BCUT2D eigenvalue weighted by atomic mass is 16.2. The van der Waals surface area contributed by atoms with E-state index in [1.54, 1.807) is 0 Å². The van der Waals surface area contributed by atoms with Crippen LogP contribution in [0.1, 0.15) is 27.2 Å². The lowest BCUT2D eigenvalue weighted by atomic mass is 10.2. The number of nitrogens with one attached hydrogen (secondary N) is 1. The summed E-state index contributed by atoms with van der Waals surface area (Å²) in [5, 5.41) is 3.01. The van der Waals surface area contributed by atoms with Crippen molar-refractivity contribution in [2.75, 3.05) is 39.3 Å². The number of hydrogen-bond donors (Lipinski definition) is 1. The van der Waals surface area contributed by atoms with Crippen LogP contribution >= 0.6 is 0 Å². The summed E-state index contributed by atoms with van der Waals surface area (Å²) in [6.45, 7) is 15.7. The Morgan fingerprint density at radius 2 is 1.72 bits per heavy atom. The highest BCUT2D eigenvalue weighted by Crippen LogP contribution is 2.03. The zero-order chi connectivity index (χ0) is 13.5. The Hall–Kier alpha value is -0.870. The van der Waals surface area contributed by atoms with Gasteiger partial charge in [0, 0.05) is 38.8 Å². The van der Waals surface area contributed by atoms with Crippen LogP contribution in [0.4, 0.5) is 0 Å². The lowest BCUT2D eigenvalue weighted by Crippen LogP contribution is -2.50. The molecule has 0 aliphatic carbocycles. The van der Waals surface area contributed by atoms with Crippen molar-refractivity contribution in [3.05, 3.63) is 12.2 Å². The number of hydrogen-bond acceptors (Lipinski definition) is 3. The summed E-state index contributed by atoms with van der Waals surface area (Å²) in [7, 11) is 0. The smallest absolute Gasteiger partial charge is 0.234 e. The molecule has 0 aromatic carbocycles. The van der Waals surface area contributed by atoms with Gasteiger partial charge >= 0.3 is 0 Å². The first kappa shape index (κ1) is 15.2. The van der Waals surface area contributed by atoms with Gasteiger partial charge < -0.3 is 5.32 Å². The van der Waals surface area contributed by atoms with Gasteiger partial charge in [-0.25, -0.2) is 0 Å². The van der Waals surface area contributed by atoms with E-state index in [-0.39, 0.29) is 11.9 Å². The fraction of sp³-hybridized carbons (Fsp3) is 0.786. The van der Waals surface area contributed by atoms with Crippen LogP contribution in [0, 0.1) is 0 Å². The van der Waals surface area contributed by atoms with Crippen LogP contribution in [0.2, 0.25) is 0 Å². The maximum atomic E-state index is 11.8. The monoisotopic (exact) mass is 253 g/mol. The average molecular weight is 253 g/mol. The lowest BCUT2D eigenvalue weighted by molar-refractivity contribution is -0.123. The van der Waals surface area contributed by atoms with Gasteiger partial charge in [0.25, 0.3) is 0 Å². The van der Waals surface area contributed by atoms with Crippen LogP contribution in [0.25, 0.3) is 0 Å². The van der Waals surface area contributed by atoms with E-state index in [9.17, 15) is 4.79 Å². The largest absolute Gasteiger partial charge is 0.353 e. The van der Waals surface area contributed by atoms with Crippen LogP contribution in [0.3, 0.4) is 0 Å². The zero-order valence-corrected chi connectivity index (χ0v) is 12.0. The summed E-state index contributed by atoms with van der Waals surface area (Å²) < 4.78 is 0. The predicted molar refractivity (Wildman–Crippen MR) is 75.6 cm³/mol.